The SMILES string of the molecule is CCCCC/C=C\C/C=C\C/C=C\C/C=C\CCCCO[C@H](COC(=O)CCCCCCCCCCCCCCC(C)C)COP(=O)(O)NCCO. The lowest BCUT2D eigenvalue weighted by molar-refractivity contribution is -0.149. The zero-order valence-electron chi connectivity index (χ0n) is 33.7. The van der Waals surface area contributed by atoms with Gasteiger partial charge in [-0.1, -0.05) is 159 Å². The van der Waals surface area contributed by atoms with E-state index in [1.807, 2.05) is 0 Å². The molecule has 0 saturated carbocycles. The normalized spacial score (nSPS) is 14.1. The van der Waals surface area contributed by atoms with E-state index >= 15 is 0 Å². The molecular formula is C43H80NO7P. The van der Waals surface area contributed by atoms with Gasteiger partial charge in [0.15, 0.2) is 0 Å². The Morgan fingerprint density at radius 3 is 1.69 bits per heavy atom. The average Bonchev–Trinajstić information content (AvgIpc) is 3.12. The van der Waals surface area contributed by atoms with E-state index in [-0.39, 0.29) is 32.3 Å². The summed E-state index contributed by atoms with van der Waals surface area (Å²) in [6.07, 6.45) is 44.3. The maximum absolute atomic E-state index is 12.4. The van der Waals surface area contributed by atoms with Gasteiger partial charge in [0.05, 0.1) is 13.2 Å². The molecule has 0 spiro atoms. The largest absolute Gasteiger partial charge is 0.463 e. The topological polar surface area (TPSA) is 114 Å². The molecule has 52 heavy (non-hydrogen) atoms. The van der Waals surface area contributed by atoms with E-state index in [4.69, 9.17) is 19.1 Å². The first-order valence-electron chi connectivity index (χ1n) is 21.0. The summed E-state index contributed by atoms with van der Waals surface area (Å²) in [5.74, 6) is 0.542. The van der Waals surface area contributed by atoms with Crippen molar-refractivity contribution in [2.24, 2.45) is 5.92 Å². The molecule has 9 heteroatoms. The van der Waals surface area contributed by atoms with Crippen LogP contribution in [0.25, 0.3) is 0 Å². The van der Waals surface area contributed by atoms with Crippen LogP contribution in [0, 0.1) is 5.92 Å². The summed E-state index contributed by atoms with van der Waals surface area (Å²) in [4.78, 5) is 22.3. The lowest BCUT2D eigenvalue weighted by Gasteiger charge is -2.20. The number of hydrogen-bond acceptors (Lipinski definition) is 6. The van der Waals surface area contributed by atoms with Crippen LogP contribution in [0.2, 0.25) is 0 Å². The van der Waals surface area contributed by atoms with Crippen LogP contribution in [0.5, 0.6) is 0 Å². The fourth-order valence-corrected chi connectivity index (χ4v) is 6.43. The first-order valence-corrected chi connectivity index (χ1v) is 22.6. The van der Waals surface area contributed by atoms with Crippen LogP contribution < -0.4 is 5.09 Å². The molecule has 0 radical (unpaired) electrons. The van der Waals surface area contributed by atoms with Gasteiger partial charge in [-0.25, -0.2) is 9.65 Å². The monoisotopic (exact) mass is 754 g/mol. The standard InChI is InChI=1S/C43H80NO7P/c1-4-5-6-7-8-9-10-11-12-13-14-15-18-21-24-27-30-33-38-49-42(40-51-52(47,48)44-36-37-45)39-50-43(46)35-32-29-26-23-20-17-16-19-22-25-28-31-34-41(2)3/h8-9,11-12,14-15,21,24,41-42,45H,4-7,10,13,16-20,22-23,25-40H2,1-3H3,(H2,44,47,48)/b9-8-,12-11-,15-14-,24-21-/t42-/m1/s1. The minimum Gasteiger partial charge on any atom is -0.463 e. The molecule has 0 aromatic rings. The van der Waals surface area contributed by atoms with Crippen LogP contribution in [0.15, 0.2) is 48.6 Å². The molecule has 0 saturated heterocycles. The molecule has 3 N–H and O–H groups in total. The molecular weight excluding hydrogens is 673 g/mol. The minimum atomic E-state index is -4.09. The van der Waals surface area contributed by atoms with E-state index in [0.717, 1.165) is 63.7 Å². The Balaban J connectivity index is 4.14. The fraction of sp³-hybridized carbons (Fsp3) is 0.791. The summed E-state index contributed by atoms with van der Waals surface area (Å²) in [7, 11) is -4.09. The Morgan fingerprint density at radius 1 is 0.673 bits per heavy atom. The lowest BCUT2D eigenvalue weighted by Crippen LogP contribution is -2.28. The first kappa shape index (κ1) is 50.5. The molecule has 1 unspecified atom stereocenters. The molecule has 0 aliphatic carbocycles. The Bertz CT molecular complexity index is 950. The van der Waals surface area contributed by atoms with Crippen LogP contribution >= 0.6 is 7.75 Å². The second-order valence-corrected chi connectivity index (χ2v) is 16.0. The van der Waals surface area contributed by atoms with E-state index in [1.54, 1.807) is 0 Å². The van der Waals surface area contributed by atoms with Gasteiger partial charge >= 0.3 is 13.7 Å². The predicted molar refractivity (Wildman–Crippen MR) is 219 cm³/mol. The quantitative estimate of drug-likeness (QED) is 0.0246. The molecule has 8 nitrogen and oxygen atoms in total. The average molecular weight is 754 g/mol. The third-order valence-electron chi connectivity index (χ3n) is 8.78. The zero-order chi connectivity index (χ0) is 38.2. The molecule has 0 aromatic heterocycles. The van der Waals surface area contributed by atoms with Crippen molar-refractivity contribution < 1.29 is 33.4 Å². The molecule has 0 fully saturated rings. The second kappa shape index (κ2) is 39.2. The Labute approximate surface area is 319 Å². The van der Waals surface area contributed by atoms with Crippen molar-refractivity contribution in [3.05, 3.63) is 48.6 Å². The maximum Gasteiger partial charge on any atom is 0.403 e. The number of carbonyl (C=O) groups is 1. The Hall–Kier alpha value is -1.54. The highest BCUT2D eigenvalue weighted by Gasteiger charge is 2.22. The highest BCUT2D eigenvalue weighted by atomic mass is 31.2. The molecule has 0 bridgehead atoms. The second-order valence-electron chi connectivity index (χ2n) is 14.4. The van der Waals surface area contributed by atoms with E-state index in [0.29, 0.717) is 13.0 Å². The number of rotatable bonds is 39. The van der Waals surface area contributed by atoms with Gasteiger partial charge in [0, 0.05) is 19.6 Å². The summed E-state index contributed by atoms with van der Waals surface area (Å²) in [6.45, 7) is 6.68. The molecule has 0 heterocycles. The number of aliphatic hydroxyl groups excluding tert-OH is 1. The van der Waals surface area contributed by atoms with E-state index < -0.39 is 13.9 Å². The van der Waals surface area contributed by atoms with E-state index in [2.05, 4.69) is 74.5 Å². The lowest BCUT2D eigenvalue weighted by atomic mass is 10.0. The van der Waals surface area contributed by atoms with Gasteiger partial charge in [0.25, 0.3) is 0 Å². The number of hydrogen-bond donors (Lipinski definition) is 3. The number of nitrogens with one attached hydrogen (secondary N) is 1. The maximum atomic E-state index is 12.4. The highest BCUT2D eigenvalue weighted by molar-refractivity contribution is 7.50. The van der Waals surface area contributed by atoms with Crippen molar-refractivity contribution in [1.82, 2.24) is 5.09 Å². The first-order chi connectivity index (χ1) is 25.3. The van der Waals surface area contributed by atoms with Crippen LogP contribution in [0.1, 0.15) is 175 Å². The van der Waals surface area contributed by atoms with Crippen molar-refractivity contribution in [1.29, 1.82) is 0 Å². The van der Waals surface area contributed by atoms with Gasteiger partial charge in [0.2, 0.25) is 0 Å². The number of aliphatic hydroxyl groups is 1. The summed E-state index contributed by atoms with van der Waals surface area (Å²) in [5, 5.41) is 11.2. The smallest absolute Gasteiger partial charge is 0.403 e. The third-order valence-corrected chi connectivity index (χ3v) is 9.90. The Kier molecular flexibility index (Phi) is 38.0. The van der Waals surface area contributed by atoms with E-state index in [9.17, 15) is 14.3 Å². The van der Waals surface area contributed by atoms with Crippen molar-refractivity contribution in [3.63, 3.8) is 0 Å². The van der Waals surface area contributed by atoms with Crippen LogP contribution in [0.4, 0.5) is 0 Å². The minimum absolute atomic E-state index is 0.0340. The molecule has 0 rings (SSSR count). The van der Waals surface area contributed by atoms with Gasteiger partial charge < -0.3 is 19.5 Å². The van der Waals surface area contributed by atoms with Crippen LogP contribution in [-0.2, 0) is 23.4 Å². The zero-order valence-corrected chi connectivity index (χ0v) is 34.6. The van der Waals surface area contributed by atoms with Gasteiger partial charge in [-0.15, -0.1) is 0 Å². The molecule has 0 aliphatic rings. The van der Waals surface area contributed by atoms with Crippen molar-refractivity contribution >= 4 is 13.7 Å². The van der Waals surface area contributed by atoms with Crippen LogP contribution in [-0.4, -0.2) is 55.0 Å². The van der Waals surface area contributed by atoms with Gasteiger partial charge in [-0.2, -0.15) is 0 Å². The summed E-state index contributed by atoms with van der Waals surface area (Å²) in [5.41, 5.74) is 0. The van der Waals surface area contributed by atoms with Crippen molar-refractivity contribution in [2.75, 3.05) is 33.0 Å². The van der Waals surface area contributed by atoms with Gasteiger partial charge in [-0.05, 0) is 63.7 Å². The van der Waals surface area contributed by atoms with Crippen molar-refractivity contribution in [3.8, 4) is 0 Å². The molecule has 304 valence electrons. The number of esters is 1. The third kappa shape index (κ3) is 39.7. The number of carbonyl (C=O) groups excluding carboxylic acids is 1. The molecule has 0 amide bonds. The number of unbranched alkanes of at least 4 members (excludes halogenated alkanes) is 16. The summed E-state index contributed by atoms with van der Waals surface area (Å²) < 4.78 is 28.7. The number of allylic oxidation sites excluding steroid dienone is 8. The van der Waals surface area contributed by atoms with Gasteiger partial charge in [-0.3, -0.25) is 9.32 Å². The Morgan fingerprint density at radius 2 is 1.17 bits per heavy atom. The summed E-state index contributed by atoms with van der Waals surface area (Å²) in [6, 6.07) is 0. The van der Waals surface area contributed by atoms with E-state index in [1.165, 1.54) is 89.9 Å². The molecule has 2 atom stereocenters. The fourth-order valence-electron chi connectivity index (χ4n) is 5.59. The van der Waals surface area contributed by atoms with Gasteiger partial charge in [0.1, 0.15) is 12.7 Å². The van der Waals surface area contributed by atoms with Crippen molar-refractivity contribution in [2.45, 2.75) is 181 Å². The van der Waals surface area contributed by atoms with Crippen LogP contribution in [0.3, 0.4) is 0 Å². The highest BCUT2D eigenvalue weighted by Crippen LogP contribution is 2.36. The predicted octanol–water partition coefficient (Wildman–Crippen LogP) is 11.9. The molecule has 0 aromatic carbocycles. The molecule has 0 aliphatic heterocycles. The number of ether oxygens (including phenoxy) is 2. The summed E-state index contributed by atoms with van der Waals surface area (Å²) >= 11 is 0.